The van der Waals surface area contributed by atoms with Gasteiger partial charge in [-0.1, -0.05) is 18.2 Å². The number of methoxy groups -OCH3 is 2. The van der Waals surface area contributed by atoms with E-state index in [1.807, 2.05) is 24.3 Å². The lowest BCUT2D eigenvalue weighted by atomic mass is 10.1. The highest BCUT2D eigenvalue weighted by atomic mass is 16.7. The molecule has 0 aliphatic carbocycles. The number of benzene rings is 2. The molecule has 1 fully saturated rings. The molecule has 2 aromatic rings. The van der Waals surface area contributed by atoms with Crippen LogP contribution in [-0.2, 0) is 25.7 Å². The average molecular weight is 398 g/mol. The molecule has 1 heterocycles. The summed E-state index contributed by atoms with van der Waals surface area (Å²) in [5, 5.41) is 0. The van der Waals surface area contributed by atoms with Crippen LogP contribution in [0.1, 0.15) is 25.0 Å². The summed E-state index contributed by atoms with van der Waals surface area (Å²) in [5.74, 6) is -0.976. The maximum atomic E-state index is 12.1. The molecule has 1 aliphatic rings. The molecule has 1 aliphatic heterocycles. The topological polar surface area (TPSA) is 80.3 Å². The van der Waals surface area contributed by atoms with Crippen molar-refractivity contribution in [2.24, 2.45) is 0 Å². The normalized spacial score (nSPS) is 15.2. The predicted molar refractivity (Wildman–Crippen MR) is 105 cm³/mol. The van der Waals surface area contributed by atoms with Gasteiger partial charge in [-0.15, -0.1) is 0 Å². The first-order valence-electron chi connectivity index (χ1n) is 8.93. The second kappa shape index (κ2) is 8.26. The van der Waals surface area contributed by atoms with Crippen LogP contribution in [0.2, 0.25) is 0 Å². The Hall–Kier alpha value is -3.48. The van der Waals surface area contributed by atoms with Crippen LogP contribution in [0.3, 0.4) is 0 Å². The van der Waals surface area contributed by atoms with Crippen molar-refractivity contribution >= 4 is 18.0 Å². The maximum absolute atomic E-state index is 12.1. The average Bonchev–Trinajstić information content (AvgIpc) is 2.69. The zero-order chi connectivity index (χ0) is 21.0. The quantitative estimate of drug-likeness (QED) is 0.418. The zero-order valence-electron chi connectivity index (χ0n) is 16.7. The van der Waals surface area contributed by atoms with Gasteiger partial charge in [0.05, 0.1) is 14.2 Å². The molecule has 0 radical (unpaired) electrons. The molecule has 0 aromatic heterocycles. The predicted octanol–water partition coefficient (Wildman–Crippen LogP) is 3.50. The molecule has 7 nitrogen and oxygen atoms in total. The van der Waals surface area contributed by atoms with Gasteiger partial charge in [-0.2, -0.15) is 0 Å². The molecule has 3 rings (SSSR count). The first-order chi connectivity index (χ1) is 13.8. The number of cyclic esters (lactones) is 2. The molecule has 0 atom stereocenters. The summed E-state index contributed by atoms with van der Waals surface area (Å²) in [6.07, 6.45) is 1.40. The third-order valence-electron chi connectivity index (χ3n) is 4.17. The minimum Gasteiger partial charge on any atom is -0.497 e. The molecule has 0 amide bonds. The third kappa shape index (κ3) is 4.87. The number of esters is 2. The van der Waals surface area contributed by atoms with Crippen LogP contribution in [-0.4, -0.2) is 31.9 Å². The Bertz CT molecular complexity index is 920. The Morgan fingerprint density at radius 1 is 0.897 bits per heavy atom. The van der Waals surface area contributed by atoms with Gasteiger partial charge in [-0.3, -0.25) is 0 Å². The SMILES string of the molecule is COc1ccc(COc2ccc(C=C3C(=O)OC(C)(C)OC3=O)cc2OC)cc1. The maximum Gasteiger partial charge on any atom is 0.348 e. The number of rotatable bonds is 6. The first kappa shape index (κ1) is 20.3. The molecule has 7 heteroatoms. The van der Waals surface area contributed by atoms with Gasteiger partial charge in [0.2, 0.25) is 0 Å². The van der Waals surface area contributed by atoms with E-state index < -0.39 is 17.7 Å². The van der Waals surface area contributed by atoms with Gasteiger partial charge in [-0.25, -0.2) is 9.59 Å². The van der Waals surface area contributed by atoms with E-state index >= 15 is 0 Å². The fraction of sp³-hybridized carbons (Fsp3) is 0.273. The van der Waals surface area contributed by atoms with Crippen molar-refractivity contribution < 1.29 is 33.3 Å². The van der Waals surface area contributed by atoms with Gasteiger partial charge in [0.25, 0.3) is 5.79 Å². The molecule has 29 heavy (non-hydrogen) atoms. The summed E-state index contributed by atoms with van der Waals surface area (Å²) in [7, 11) is 3.12. The Balaban J connectivity index is 1.76. The molecular weight excluding hydrogens is 376 g/mol. The minimum absolute atomic E-state index is 0.182. The molecule has 0 unspecified atom stereocenters. The molecule has 0 bridgehead atoms. The molecular formula is C22H22O7. The van der Waals surface area contributed by atoms with Gasteiger partial charge in [0, 0.05) is 13.8 Å². The highest BCUT2D eigenvalue weighted by molar-refractivity contribution is 6.18. The lowest BCUT2D eigenvalue weighted by molar-refractivity contribution is -0.222. The Kier molecular flexibility index (Phi) is 5.77. The van der Waals surface area contributed by atoms with E-state index in [2.05, 4.69) is 0 Å². The van der Waals surface area contributed by atoms with Crippen LogP contribution < -0.4 is 14.2 Å². The summed E-state index contributed by atoms with van der Waals surface area (Å²) in [5.41, 5.74) is 1.36. The van der Waals surface area contributed by atoms with E-state index in [0.717, 1.165) is 11.3 Å². The summed E-state index contributed by atoms with van der Waals surface area (Å²) in [6.45, 7) is 3.34. The van der Waals surface area contributed by atoms with Crippen molar-refractivity contribution in [3.8, 4) is 17.2 Å². The van der Waals surface area contributed by atoms with Crippen molar-refractivity contribution in [1.82, 2.24) is 0 Å². The number of carbonyl (C=O) groups excluding carboxylic acids is 2. The number of ether oxygens (including phenoxy) is 5. The van der Waals surface area contributed by atoms with E-state index in [1.54, 1.807) is 25.3 Å². The molecule has 0 N–H and O–H groups in total. The number of carbonyl (C=O) groups is 2. The first-order valence-corrected chi connectivity index (χ1v) is 8.93. The smallest absolute Gasteiger partial charge is 0.348 e. The van der Waals surface area contributed by atoms with Crippen molar-refractivity contribution in [2.75, 3.05) is 14.2 Å². The largest absolute Gasteiger partial charge is 0.497 e. The number of hydrogen-bond acceptors (Lipinski definition) is 7. The molecule has 152 valence electrons. The second-order valence-corrected chi connectivity index (χ2v) is 6.78. The Morgan fingerprint density at radius 2 is 1.55 bits per heavy atom. The van der Waals surface area contributed by atoms with Crippen molar-refractivity contribution in [3.63, 3.8) is 0 Å². The van der Waals surface area contributed by atoms with Gasteiger partial charge in [-0.05, 0) is 41.5 Å². The highest BCUT2D eigenvalue weighted by Crippen LogP contribution is 2.31. The van der Waals surface area contributed by atoms with Crippen molar-refractivity contribution in [2.45, 2.75) is 26.2 Å². The molecule has 1 saturated heterocycles. The van der Waals surface area contributed by atoms with E-state index in [4.69, 9.17) is 23.7 Å². The van der Waals surface area contributed by atoms with Crippen LogP contribution in [0.4, 0.5) is 0 Å². The van der Waals surface area contributed by atoms with Crippen molar-refractivity contribution in [3.05, 3.63) is 59.2 Å². The van der Waals surface area contributed by atoms with E-state index in [-0.39, 0.29) is 5.57 Å². The van der Waals surface area contributed by atoms with Crippen LogP contribution >= 0.6 is 0 Å². The van der Waals surface area contributed by atoms with E-state index in [1.165, 1.54) is 27.0 Å². The Morgan fingerprint density at radius 3 is 2.14 bits per heavy atom. The third-order valence-corrected chi connectivity index (χ3v) is 4.17. The van der Waals surface area contributed by atoms with E-state index in [9.17, 15) is 9.59 Å². The fourth-order valence-electron chi connectivity index (χ4n) is 2.72. The molecule has 2 aromatic carbocycles. The standard InChI is InChI=1S/C22H22O7/c1-22(2)28-20(23)17(21(24)29-22)11-15-7-10-18(19(12-15)26-4)27-13-14-5-8-16(25-3)9-6-14/h5-12H,13H2,1-4H3. The van der Waals surface area contributed by atoms with E-state index in [0.29, 0.717) is 23.7 Å². The lowest BCUT2D eigenvalue weighted by Crippen LogP contribution is -2.41. The molecule has 0 saturated carbocycles. The monoisotopic (exact) mass is 398 g/mol. The van der Waals surface area contributed by atoms with Gasteiger partial charge < -0.3 is 23.7 Å². The summed E-state index contributed by atoms with van der Waals surface area (Å²) >= 11 is 0. The Labute approximate surface area is 168 Å². The lowest BCUT2D eigenvalue weighted by Gasteiger charge is -2.29. The molecule has 0 spiro atoms. The van der Waals surface area contributed by atoms with Crippen LogP contribution in [0, 0.1) is 0 Å². The minimum atomic E-state index is -1.28. The summed E-state index contributed by atoms with van der Waals surface area (Å²) < 4.78 is 26.5. The zero-order valence-corrected chi connectivity index (χ0v) is 16.7. The van der Waals surface area contributed by atoms with Gasteiger partial charge in [0.15, 0.2) is 11.5 Å². The fourth-order valence-corrected chi connectivity index (χ4v) is 2.72. The van der Waals surface area contributed by atoms with Gasteiger partial charge >= 0.3 is 11.9 Å². The summed E-state index contributed by atoms with van der Waals surface area (Å²) in [6, 6.07) is 12.6. The summed E-state index contributed by atoms with van der Waals surface area (Å²) in [4.78, 5) is 24.2. The second-order valence-electron chi connectivity index (χ2n) is 6.78. The van der Waals surface area contributed by atoms with Crippen molar-refractivity contribution in [1.29, 1.82) is 0 Å². The van der Waals surface area contributed by atoms with Gasteiger partial charge in [0.1, 0.15) is 17.9 Å². The van der Waals surface area contributed by atoms with Crippen LogP contribution in [0.5, 0.6) is 17.2 Å². The van der Waals surface area contributed by atoms with Crippen LogP contribution in [0.15, 0.2) is 48.0 Å². The number of hydrogen-bond donors (Lipinski definition) is 0. The van der Waals surface area contributed by atoms with Crippen LogP contribution in [0.25, 0.3) is 6.08 Å². The highest BCUT2D eigenvalue weighted by Gasteiger charge is 2.38.